The second-order valence-corrected chi connectivity index (χ2v) is 13.4. The average Bonchev–Trinajstić information content (AvgIpc) is 3.85. The van der Waals surface area contributed by atoms with Crippen molar-refractivity contribution in [2.75, 3.05) is 19.6 Å². The normalized spacial score (nSPS) is 19.9. The number of amides is 1. The van der Waals surface area contributed by atoms with Gasteiger partial charge in [-0.1, -0.05) is 82.8 Å². The van der Waals surface area contributed by atoms with Crippen LogP contribution in [0.25, 0.3) is 5.57 Å². The third-order valence-corrected chi connectivity index (χ3v) is 10.1. The highest BCUT2D eigenvalue weighted by molar-refractivity contribution is 6.42. The van der Waals surface area contributed by atoms with Crippen LogP contribution in [0.2, 0.25) is 20.1 Å². The summed E-state index contributed by atoms with van der Waals surface area (Å²) in [6.45, 7) is 3.75. The number of fused-ring (bicyclic) bond motifs is 2. The van der Waals surface area contributed by atoms with E-state index >= 15 is 0 Å². The highest BCUT2D eigenvalue weighted by Gasteiger charge is 2.41. The predicted octanol–water partition coefficient (Wildman–Crippen LogP) is 7.30. The van der Waals surface area contributed by atoms with Crippen molar-refractivity contribution in [1.29, 1.82) is 0 Å². The molecule has 1 aliphatic carbocycles. The summed E-state index contributed by atoms with van der Waals surface area (Å²) in [6, 6.07) is 20.5. The fraction of sp³-hybridized carbons (Fsp3) is 0.382. The quantitative estimate of drug-likeness (QED) is 0.190. The van der Waals surface area contributed by atoms with Crippen molar-refractivity contribution in [3.63, 3.8) is 0 Å². The van der Waals surface area contributed by atoms with Gasteiger partial charge in [-0.2, -0.15) is 0 Å². The number of aryl methyl sites for hydroxylation is 1. The van der Waals surface area contributed by atoms with E-state index < -0.39 is 0 Å². The van der Waals surface area contributed by atoms with Crippen LogP contribution in [0.1, 0.15) is 47.9 Å². The zero-order chi connectivity index (χ0) is 29.9. The third kappa shape index (κ3) is 7.42. The Morgan fingerprint density at radius 3 is 2.53 bits per heavy atom. The van der Waals surface area contributed by atoms with Crippen LogP contribution >= 0.6 is 46.4 Å². The molecule has 1 saturated heterocycles. The molecule has 0 spiro atoms. The molecule has 3 aromatic carbocycles. The van der Waals surface area contributed by atoms with Gasteiger partial charge in [-0.05, 0) is 90.7 Å². The molecule has 2 fully saturated rings. The van der Waals surface area contributed by atoms with Gasteiger partial charge < -0.3 is 20.9 Å². The van der Waals surface area contributed by atoms with Crippen molar-refractivity contribution in [3.8, 4) is 0 Å². The van der Waals surface area contributed by atoms with Crippen LogP contribution in [0.15, 0.2) is 66.2 Å². The number of halogens is 4. The van der Waals surface area contributed by atoms with Crippen LogP contribution in [-0.2, 0) is 24.3 Å². The Morgan fingerprint density at radius 1 is 0.930 bits per heavy atom. The maximum absolute atomic E-state index is 14.4. The summed E-state index contributed by atoms with van der Waals surface area (Å²) in [5.41, 5.74) is 6.32. The van der Waals surface area contributed by atoms with Gasteiger partial charge >= 0.3 is 0 Å². The second-order valence-electron chi connectivity index (χ2n) is 11.8. The summed E-state index contributed by atoms with van der Waals surface area (Å²) < 4.78 is 0. The van der Waals surface area contributed by atoms with Crippen LogP contribution < -0.4 is 16.0 Å². The molecular formula is C34H36Cl4N4O. The first kappa shape index (κ1) is 30.9. The van der Waals surface area contributed by atoms with E-state index in [1.807, 2.05) is 35.2 Å². The van der Waals surface area contributed by atoms with E-state index in [4.69, 9.17) is 46.4 Å². The van der Waals surface area contributed by atoms with E-state index in [0.29, 0.717) is 27.7 Å². The minimum absolute atomic E-state index is 0.0274. The molecule has 3 aromatic rings. The maximum atomic E-state index is 14.4. The van der Waals surface area contributed by atoms with Crippen LogP contribution in [0.3, 0.4) is 0 Å². The van der Waals surface area contributed by atoms with Crippen molar-refractivity contribution in [1.82, 2.24) is 20.9 Å². The molecule has 2 aliphatic heterocycles. The van der Waals surface area contributed by atoms with Crippen LogP contribution in [0, 0.1) is 0 Å². The Balaban J connectivity index is 1.16. The van der Waals surface area contributed by atoms with Crippen molar-refractivity contribution in [3.05, 3.63) is 109 Å². The van der Waals surface area contributed by atoms with Crippen molar-refractivity contribution < 1.29 is 4.79 Å². The van der Waals surface area contributed by atoms with Crippen molar-refractivity contribution in [2.24, 2.45) is 0 Å². The second kappa shape index (κ2) is 13.9. The Bertz CT molecular complexity index is 1500. The van der Waals surface area contributed by atoms with Crippen LogP contribution in [0.4, 0.5) is 0 Å². The van der Waals surface area contributed by atoms with E-state index in [-0.39, 0.29) is 18.0 Å². The first-order chi connectivity index (χ1) is 20.9. The van der Waals surface area contributed by atoms with Gasteiger partial charge in [-0.25, -0.2) is 0 Å². The molecule has 2 heterocycles. The van der Waals surface area contributed by atoms with Gasteiger partial charge in [-0.15, -0.1) is 0 Å². The lowest BCUT2D eigenvalue weighted by Gasteiger charge is -2.41. The smallest absolute Gasteiger partial charge is 0.252 e. The minimum Gasteiger partial charge on any atom is -0.331 e. The lowest BCUT2D eigenvalue weighted by atomic mass is 9.83. The lowest BCUT2D eigenvalue weighted by Crippen LogP contribution is -2.60. The Labute approximate surface area is 273 Å². The molecule has 43 heavy (non-hydrogen) atoms. The number of carbonyl (C=O) groups is 1. The molecule has 5 nitrogen and oxygen atoms in total. The average molecular weight is 659 g/mol. The van der Waals surface area contributed by atoms with Crippen molar-refractivity contribution >= 4 is 57.9 Å². The van der Waals surface area contributed by atoms with Gasteiger partial charge in [0.2, 0.25) is 0 Å². The standard InChI is InChI=1S/C34H36Cl4N4O/c35-25-10-13-29(36)23(15-25)4-2-14-39-17-21-6-8-22(9-7-21)28-16-26-18-40-19-31(41-26)32(28)34(43)42(27-11-12-27)20-24-3-1-5-30(37)33(24)38/h1,3,5-10,13,15,26-27,31,39-41H,2,4,11-12,14,16-20H2/t26?,31-/m1/s1. The molecular weight excluding hydrogens is 622 g/mol. The highest BCUT2D eigenvalue weighted by Crippen LogP contribution is 2.37. The number of hydrogen-bond donors (Lipinski definition) is 3. The fourth-order valence-electron chi connectivity index (χ4n) is 6.20. The summed E-state index contributed by atoms with van der Waals surface area (Å²) >= 11 is 25.3. The van der Waals surface area contributed by atoms with E-state index in [9.17, 15) is 4.79 Å². The van der Waals surface area contributed by atoms with Gasteiger partial charge in [0.15, 0.2) is 0 Å². The molecule has 1 amide bonds. The predicted molar refractivity (Wildman–Crippen MR) is 178 cm³/mol. The molecule has 226 valence electrons. The third-order valence-electron chi connectivity index (χ3n) is 8.59. The monoisotopic (exact) mass is 656 g/mol. The molecule has 0 aromatic heterocycles. The summed E-state index contributed by atoms with van der Waals surface area (Å²) in [5, 5.41) is 13.3. The maximum Gasteiger partial charge on any atom is 0.252 e. The summed E-state index contributed by atoms with van der Waals surface area (Å²) in [5.74, 6) is 0.0961. The Morgan fingerprint density at radius 2 is 1.74 bits per heavy atom. The van der Waals surface area contributed by atoms with E-state index in [1.54, 1.807) is 6.07 Å². The fourth-order valence-corrected chi connectivity index (χ4v) is 6.98. The van der Waals surface area contributed by atoms with Crippen LogP contribution in [0.5, 0.6) is 0 Å². The van der Waals surface area contributed by atoms with E-state index in [0.717, 1.165) is 91.1 Å². The number of piperazine rings is 1. The topological polar surface area (TPSA) is 56.4 Å². The summed E-state index contributed by atoms with van der Waals surface area (Å²) in [6.07, 6.45) is 4.68. The van der Waals surface area contributed by atoms with Gasteiger partial charge in [0.25, 0.3) is 5.91 Å². The number of nitrogens with one attached hydrogen (secondary N) is 3. The first-order valence-electron chi connectivity index (χ1n) is 15.0. The molecule has 3 N–H and O–H groups in total. The molecule has 1 saturated carbocycles. The molecule has 2 bridgehead atoms. The summed E-state index contributed by atoms with van der Waals surface area (Å²) in [7, 11) is 0. The largest absolute Gasteiger partial charge is 0.331 e. The van der Waals surface area contributed by atoms with Crippen molar-refractivity contribution in [2.45, 2.75) is 63.3 Å². The Hall–Kier alpha value is -2.09. The molecule has 2 atom stereocenters. The molecule has 9 heteroatoms. The van der Waals surface area contributed by atoms with Crippen LogP contribution in [-0.4, -0.2) is 48.6 Å². The summed E-state index contributed by atoms with van der Waals surface area (Å²) in [4.78, 5) is 16.4. The van der Waals surface area contributed by atoms with Gasteiger partial charge in [0, 0.05) is 53.9 Å². The molecule has 1 unspecified atom stereocenters. The zero-order valence-corrected chi connectivity index (χ0v) is 27.0. The first-order valence-corrected chi connectivity index (χ1v) is 16.6. The van der Waals surface area contributed by atoms with Gasteiger partial charge in [-0.3, -0.25) is 4.79 Å². The van der Waals surface area contributed by atoms with E-state index in [2.05, 4.69) is 40.2 Å². The number of carbonyl (C=O) groups excluding carboxylic acids is 1. The molecule has 3 aliphatic rings. The van der Waals surface area contributed by atoms with E-state index in [1.165, 1.54) is 5.56 Å². The zero-order valence-electron chi connectivity index (χ0n) is 23.9. The minimum atomic E-state index is -0.0274. The Kier molecular flexibility index (Phi) is 10.0. The van der Waals surface area contributed by atoms with Gasteiger partial charge in [0.05, 0.1) is 16.1 Å². The molecule has 6 rings (SSSR count). The number of nitrogens with zero attached hydrogens (tertiary/aromatic N) is 1. The number of rotatable bonds is 11. The molecule has 0 radical (unpaired) electrons. The number of hydrogen-bond acceptors (Lipinski definition) is 4. The highest BCUT2D eigenvalue weighted by atomic mass is 35.5. The lowest BCUT2D eigenvalue weighted by molar-refractivity contribution is -0.128. The number of benzene rings is 3. The van der Waals surface area contributed by atoms with Gasteiger partial charge in [0.1, 0.15) is 0 Å². The SMILES string of the molecule is O=C(C1=C(c2ccc(CNCCCc3cc(Cl)ccc3Cl)cc2)CC2CNC[C@H]1N2)N(Cc1cccc(Cl)c1Cl)C1CC1.